The second kappa shape index (κ2) is 7.68. The van der Waals surface area contributed by atoms with E-state index in [9.17, 15) is 4.39 Å². The van der Waals surface area contributed by atoms with Crippen molar-refractivity contribution in [1.29, 1.82) is 0 Å². The van der Waals surface area contributed by atoms with Crippen LogP contribution in [0.5, 0.6) is 0 Å². The van der Waals surface area contributed by atoms with Gasteiger partial charge in [0.15, 0.2) is 5.58 Å². The maximum absolute atomic E-state index is 13.4. The van der Waals surface area contributed by atoms with Gasteiger partial charge in [-0.1, -0.05) is 40.2 Å². The van der Waals surface area contributed by atoms with Crippen LogP contribution < -0.4 is 0 Å². The zero-order valence-electron chi connectivity index (χ0n) is 14.1. The highest BCUT2D eigenvalue weighted by Crippen LogP contribution is 2.27. The molecule has 0 atom stereocenters. The Morgan fingerprint density at radius 3 is 2.74 bits per heavy atom. The molecule has 0 fully saturated rings. The highest BCUT2D eigenvalue weighted by molar-refractivity contribution is 9.10. The van der Waals surface area contributed by atoms with Crippen LogP contribution in [0.1, 0.15) is 5.56 Å². The van der Waals surface area contributed by atoms with E-state index in [4.69, 9.17) is 4.42 Å². The summed E-state index contributed by atoms with van der Waals surface area (Å²) < 4.78 is 20.1. The number of halogens is 2. The number of aromatic nitrogens is 1. The molecule has 4 aromatic rings. The molecule has 0 bridgehead atoms. The van der Waals surface area contributed by atoms with E-state index >= 15 is 0 Å². The van der Waals surface area contributed by atoms with E-state index in [0.29, 0.717) is 22.6 Å². The second-order valence-corrected chi connectivity index (χ2v) is 6.79. The summed E-state index contributed by atoms with van der Waals surface area (Å²) in [5, 5.41) is 0. The summed E-state index contributed by atoms with van der Waals surface area (Å²) in [6.45, 7) is 0. The first kappa shape index (κ1) is 17.4. The molecule has 0 aliphatic rings. The lowest BCUT2D eigenvalue weighted by atomic mass is 10.2. The first-order valence-corrected chi connectivity index (χ1v) is 9.09. The van der Waals surface area contributed by atoms with Crippen molar-refractivity contribution in [2.75, 3.05) is 0 Å². The Kier molecular flexibility index (Phi) is 4.94. The molecule has 0 saturated heterocycles. The molecule has 0 unspecified atom stereocenters. The fraction of sp³-hybridized carbons (Fsp3) is 0. The lowest BCUT2D eigenvalue weighted by Crippen LogP contribution is -1.78. The van der Waals surface area contributed by atoms with Gasteiger partial charge >= 0.3 is 0 Å². The number of allylic oxidation sites excluding steroid dienone is 1. The molecule has 1 aromatic heterocycles. The average Bonchev–Trinajstić information content (AvgIpc) is 3.09. The molecule has 0 radical (unpaired) electrons. The van der Waals surface area contributed by atoms with Gasteiger partial charge in [-0.2, -0.15) is 0 Å². The lowest BCUT2D eigenvalue weighted by molar-refractivity contribution is 0.611. The summed E-state index contributed by atoms with van der Waals surface area (Å²) >= 11 is 3.45. The highest BCUT2D eigenvalue weighted by Gasteiger charge is 2.09. The van der Waals surface area contributed by atoms with E-state index in [1.54, 1.807) is 18.3 Å². The van der Waals surface area contributed by atoms with E-state index < -0.39 is 0 Å². The minimum Gasteiger partial charge on any atom is -0.436 e. The molecule has 0 saturated carbocycles. The van der Waals surface area contributed by atoms with Crippen LogP contribution in [-0.2, 0) is 0 Å². The molecule has 0 amide bonds. The predicted molar refractivity (Wildman–Crippen MR) is 111 cm³/mol. The lowest BCUT2D eigenvalue weighted by Gasteiger charge is -1.93. The zero-order valence-corrected chi connectivity index (χ0v) is 15.7. The minimum absolute atomic E-state index is 0.322. The van der Waals surface area contributed by atoms with E-state index in [-0.39, 0.29) is 5.82 Å². The number of rotatable bonds is 4. The Bertz CT molecular complexity index is 1160. The number of oxazole rings is 1. The standard InChI is InChI=1S/C22H14BrFN2O/c23-17-7-1-4-15(12-17)5-3-11-25-19-9-10-21-20(14-19)26-22(27-21)16-6-2-8-18(24)13-16/h1-14H. The van der Waals surface area contributed by atoms with Gasteiger partial charge in [-0.05, 0) is 60.2 Å². The van der Waals surface area contributed by atoms with Gasteiger partial charge in [0, 0.05) is 16.3 Å². The van der Waals surface area contributed by atoms with E-state index in [1.807, 2.05) is 54.6 Å². The van der Waals surface area contributed by atoms with Gasteiger partial charge in [-0.15, -0.1) is 0 Å². The summed E-state index contributed by atoms with van der Waals surface area (Å²) in [4.78, 5) is 8.86. The molecular weight excluding hydrogens is 407 g/mol. The molecule has 132 valence electrons. The van der Waals surface area contributed by atoms with Crippen LogP contribution in [0.2, 0.25) is 0 Å². The smallest absolute Gasteiger partial charge is 0.227 e. The zero-order chi connectivity index (χ0) is 18.6. The molecule has 0 aliphatic heterocycles. The third-order valence-electron chi connectivity index (χ3n) is 3.89. The van der Waals surface area contributed by atoms with E-state index in [1.165, 1.54) is 12.1 Å². The van der Waals surface area contributed by atoms with Crippen molar-refractivity contribution in [1.82, 2.24) is 4.98 Å². The fourth-order valence-electron chi connectivity index (χ4n) is 2.63. The Balaban J connectivity index is 1.54. The second-order valence-electron chi connectivity index (χ2n) is 5.87. The number of benzene rings is 3. The monoisotopic (exact) mass is 420 g/mol. The minimum atomic E-state index is -0.322. The third kappa shape index (κ3) is 4.20. The van der Waals surface area contributed by atoms with Gasteiger partial charge in [0.25, 0.3) is 0 Å². The number of hydrogen-bond acceptors (Lipinski definition) is 3. The van der Waals surface area contributed by atoms with Crippen molar-refractivity contribution < 1.29 is 8.81 Å². The SMILES string of the molecule is Fc1cccc(-c2nc3cc(N=CC=Cc4cccc(Br)c4)ccc3o2)c1. The van der Waals surface area contributed by atoms with Crippen molar-refractivity contribution in [2.45, 2.75) is 0 Å². The van der Waals surface area contributed by atoms with Crippen LogP contribution in [0.4, 0.5) is 10.1 Å². The van der Waals surface area contributed by atoms with Crippen LogP contribution in [0, 0.1) is 5.82 Å². The van der Waals surface area contributed by atoms with Crippen molar-refractivity contribution in [3.8, 4) is 11.5 Å². The van der Waals surface area contributed by atoms with E-state index in [2.05, 4.69) is 25.9 Å². The fourth-order valence-corrected chi connectivity index (χ4v) is 3.05. The average molecular weight is 421 g/mol. The first-order chi connectivity index (χ1) is 13.2. The van der Waals surface area contributed by atoms with Gasteiger partial charge in [-0.3, -0.25) is 4.99 Å². The largest absolute Gasteiger partial charge is 0.436 e. The molecule has 1 heterocycles. The topological polar surface area (TPSA) is 38.4 Å². The normalized spacial score (nSPS) is 11.8. The van der Waals surface area contributed by atoms with Gasteiger partial charge in [0.2, 0.25) is 5.89 Å². The highest BCUT2D eigenvalue weighted by atomic mass is 79.9. The number of nitrogens with zero attached hydrogens (tertiary/aromatic N) is 2. The Morgan fingerprint density at radius 1 is 1.00 bits per heavy atom. The molecular formula is C22H14BrFN2O. The van der Waals surface area contributed by atoms with Crippen LogP contribution in [0.25, 0.3) is 28.6 Å². The van der Waals surface area contributed by atoms with Gasteiger partial charge in [0.05, 0.1) is 5.69 Å². The van der Waals surface area contributed by atoms with Crippen LogP contribution in [0.3, 0.4) is 0 Å². The molecule has 0 N–H and O–H groups in total. The Labute approximate surface area is 164 Å². The molecule has 27 heavy (non-hydrogen) atoms. The van der Waals surface area contributed by atoms with Crippen LogP contribution in [-0.4, -0.2) is 11.2 Å². The summed E-state index contributed by atoms with van der Waals surface area (Å²) in [5.41, 5.74) is 3.77. The molecule has 3 nitrogen and oxygen atoms in total. The van der Waals surface area contributed by atoms with Crippen molar-refractivity contribution >= 4 is 45.0 Å². The van der Waals surface area contributed by atoms with Gasteiger partial charge in [0.1, 0.15) is 11.3 Å². The number of aliphatic imine (C=N–C) groups is 1. The molecule has 0 aliphatic carbocycles. The molecule has 5 heteroatoms. The Hall–Kier alpha value is -3.05. The van der Waals surface area contributed by atoms with E-state index in [0.717, 1.165) is 15.7 Å². The summed E-state index contributed by atoms with van der Waals surface area (Å²) in [5.74, 6) is 0.0671. The van der Waals surface area contributed by atoms with Crippen LogP contribution >= 0.6 is 15.9 Å². The summed E-state index contributed by atoms with van der Waals surface area (Å²) in [7, 11) is 0. The van der Waals surface area contributed by atoms with Crippen molar-refractivity contribution in [2.24, 2.45) is 4.99 Å². The quantitative estimate of drug-likeness (QED) is 0.340. The molecule has 0 spiro atoms. The van der Waals surface area contributed by atoms with Gasteiger partial charge < -0.3 is 4.42 Å². The Morgan fingerprint density at radius 2 is 1.89 bits per heavy atom. The third-order valence-corrected chi connectivity index (χ3v) is 4.38. The summed E-state index contributed by atoms with van der Waals surface area (Å²) in [6, 6.07) is 19.7. The maximum atomic E-state index is 13.4. The van der Waals surface area contributed by atoms with Crippen molar-refractivity contribution in [3.05, 3.63) is 88.7 Å². The molecule has 4 rings (SSSR count). The van der Waals surface area contributed by atoms with Gasteiger partial charge in [-0.25, -0.2) is 9.37 Å². The number of hydrogen-bond donors (Lipinski definition) is 0. The molecule has 3 aromatic carbocycles. The first-order valence-electron chi connectivity index (χ1n) is 8.30. The maximum Gasteiger partial charge on any atom is 0.227 e. The van der Waals surface area contributed by atoms with Crippen LogP contribution in [0.15, 0.2) is 86.7 Å². The summed E-state index contributed by atoms with van der Waals surface area (Å²) in [6.07, 6.45) is 5.59. The van der Waals surface area contributed by atoms with Crippen molar-refractivity contribution in [3.63, 3.8) is 0 Å². The predicted octanol–water partition coefficient (Wildman–Crippen LogP) is 6.81. The number of fused-ring (bicyclic) bond motifs is 1.